The molecule has 2 rings (SSSR count). The highest BCUT2D eigenvalue weighted by Crippen LogP contribution is 2.16. The molecule has 0 aliphatic heterocycles. The zero-order valence-electron chi connectivity index (χ0n) is 9.87. The largest absolute Gasteiger partial charge is 0.384 e. The quantitative estimate of drug-likeness (QED) is 0.870. The minimum Gasteiger partial charge on any atom is -0.384 e. The van der Waals surface area contributed by atoms with E-state index >= 15 is 0 Å². The Hall–Kier alpha value is -2.10. The number of aromatic nitrogens is 2. The Morgan fingerprint density at radius 1 is 1.18 bits per heavy atom. The fourth-order valence-electron chi connectivity index (χ4n) is 1.68. The van der Waals surface area contributed by atoms with Gasteiger partial charge in [-0.3, -0.25) is 4.98 Å². The average molecular weight is 228 g/mol. The third kappa shape index (κ3) is 2.93. The summed E-state index contributed by atoms with van der Waals surface area (Å²) < 4.78 is 0. The van der Waals surface area contributed by atoms with Crippen LogP contribution in [0.5, 0.6) is 0 Å². The first kappa shape index (κ1) is 11.4. The molecule has 0 radical (unpaired) electrons. The van der Waals surface area contributed by atoms with Gasteiger partial charge in [-0.05, 0) is 36.8 Å². The Morgan fingerprint density at radius 3 is 2.53 bits per heavy atom. The maximum atomic E-state index is 5.58. The summed E-state index contributed by atoms with van der Waals surface area (Å²) in [5.74, 6) is 0.550. The molecule has 2 N–H and O–H groups in total. The highest BCUT2D eigenvalue weighted by Gasteiger charge is 2.05. The van der Waals surface area contributed by atoms with Crippen molar-refractivity contribution in [2.24, 2.45) is 0 Å². The number of nitrogens with zero attached hydrogens (tertiary/aromatic N) is 3. The molecular formula is C13H16N4. The van der Waals surface area contributed by atoms with Gasteiger partial charge in [-0.2, -0.15) is 0 Å². The fraction of sp³-hybridized carbons (Fsp3) is 0.231. The van der Waals surface area contributed by atoms with Crippen molar-refractivity contribution in [3.8, 4) is 0 Å². The van der Waals surface area contributed by atoms with Crippen molar-refractivity contribution in [2.45, 2.75) is 13.5 Å². The molecule has 0 aliphatic carbocycles. The first-order chi connectivity index (χ1) is 8.29. The normalized spacial score (nSPS) is 10.2. The monoisotopic (exact) mass is 228 g/mol. The molecule has 0 amide bonds. The van der Waals surface area contributed by atoms with E-state index in [1.165, 1.54) is 5.56 Å². The van der Waals surface area contributed by atoms with Crippen molar-refractivity contribution in [1.82, 2.24) is 9.97 Å². The molecule has 2 aromatic heterocycles. The lowest BCUT2D eigenvalue weighted by Crippen LogP contribution is -2.22. The second-order valence-electron chi connectivity index (χ2n) is 3.81. The van der Waals surface area contributed by atoms with Crippen LogP contribution in [0, 0.1) is 0 Å². The van der Waals surface area contributed by atoms with E-state index in [9.17, 15) is 0 Å². The molecule has 0 bridgehead atoms. The molecule has 0 aromatic carbocycles. The van der Waals surface area contributed by atoms with E-state index in [1.807, 2.05) is 36.7 Å². The van der Waals surface area contributed by atoms with Crippen molar-refractivity contribution >= 4 is 11.5 Å². The van der Waals surface area contributed by atoms with Gasteiger partial charge in [0.2, 0.25) is 0 Å². The van der Waals surface area contributed by atoms with Gasteiger partial charge < -0.3 is 10.6 Å². The number of hydrogen-bond acceptors (Lipinski definition) is 4. The summed E-state index contributed by atoms with van der Waals surface area (Å²) in [6.07, 6.45) is 5.43. The van der Waals surface area contributed by atoms with Gasteiger partial charge in [-0.1, -0.05) is 0 Å². The van der Waals surface area contributed by atoms with Gasteiger partial charge in [0, 0.05) is 25.5 Å². The molecule has 2 heterocycles. The van der Waals surface area contributed by atoms with Crippen LogP contribution in [0.2, 0.25) is 0 Å². The van der Waals surface area contributed by atoms with Crippen LogP contribution in [0.1, 0.15) is 12.5 Å². The van der Waals surface area contributed by atoms with E-state index in [0.29, 0.717) is 5.82 Å². The Bertz CT molecular complexity index is 453. The molecule has 4 heteroatoms. The number of nitrogen functional groups attached to an aromatic ring is 1. The molecule has 0 fully saturated rings. The van der Waals surface area contributed by atoms with E-state index in [2.05, 4.69) is 21.8 Å². The number of pyridine rings is 2. The van der Waals surface area contributed by atoms with E-state index in [1.54, 1.807) is 6.20 Å². The topological polar surface area (TPSA) is 55.0 Å². The van der Waals surface area contributed by atoms with E-state index < -0.39 is 0 Å². The summed E-state index contributed by atoms with van der Waals surface area (Å²) in [6, 6.07) is 7.86. The molecule has 0 saturated carbocycles. The third-order valence-corrected chi connectivity index (χ3v) is 2.64. The highest BCUT2D eigenvalue weighted by atomic mass is 15.1. The number of rotatable bonds is 4. The van der Waals surface area contributed by atoms with Gasteiger partial charge in [0.25, 0.3) is 0 Å². The molecule has 4 nitrogen and oxygen atoms in total. The van der Waals surface area contributed by atoms with E-state index in [4.69, 9.17) is 5.73 Å². The van der Waals surface area contributed by atoms with Crippen molar-refractivity contribution in [1.29, 1.82) is 0 Å². The van der Waals surface area contributed by atoms with Crippen LogP contribution in [-0.2, 0) is 6.54 Å². The second kappa shape index (κ2) is 5.30. The molecule has 2 aromatic rings. The molecular weight excluding hydrogens is 212 g/mol. The second-order valence-corrected chi connectivity index (χ2v) is 3.81. The molecule has 0 spiro atoms. The van der Waals surface area contributed by atoms with Crippen LogP contribution in [0.3, 0.4) is 0 Å². The van der Waals surface area contributed by atoms with Crippen LogP contribution in [0.4, 0.5) is 11.5 Å². The van der Waals surface area contributed by atoms with Crippen molar-refractivity contribution in [3.63, 3.8) is 0 Å². The minimum atomic E-state index is 0.550. The van der Waals surface area contributed by atoms with E-state index in [-0.39, 0.29) is 0 Å². The van der Waals surface area contributed by atoms with Gasteiger partial charge in [0.15, 0.2) is 0 Å². The number of nitrogens with two attached hydrogens (primary N) is 1. The van der Waals surface area contributed by atoms with E-state index in [0.717, 1.165) is 18.8 Å². The van der Waals surface area contributed by atoms with Crippen molar-refractivity contribution in [3.05, 3.63) is 48.4 Å². The molecule has 0 saturated heterocycles. The minimum absolute atomic E-state index is 0.550. The summed E-state index contributed by atoms with van der Waals surface area (Å²) in [4.78, 5) is 10.4. The smallest absolute Gasteiger partial charge is 0.123 e. The maximum Gasteiger partial charge on any atom is 0.123 e. The predicted molar refractivity (Wildman–Crippen MR) is 69.6 cm³/mol. The summed E-state index contributed by atoms with van der Waals surface area (Å²) in [7, 11) is 0. The predicted octanol–water partition coefficient (Wildman–Crippen LogP) is 2.09. The highest BCUT2D eigenvalue weighted by molar-refractivity contribution is 5.48. The molecule has 0 atom stereocenters. The molecule has 0 unspecified atom stereocenters. The fourth-order valence-corrected chi connectivity index (χ4v) is 1.68. The van der Waals surface area contributed by atoms with Gasteiger partial charge in [0.05, 0.1) is 11.9 Å². The first-order valence-corrected chi connectivity index (χ1v) is 5.65. The van der Waals surface area contributed by atoms with Crippen LogP contribution in [-0.4, -0.2) is 16.5 Å². The zero-order chi connectivity index (χ0) is 12.1. The van der Waals surface area contributed by atoms with Crippen molar-refractivity contribution in [2.75, 3.05) is 17.2 Å². The zero-order valence-corrected chi connectivity index (χ0v) is 9.87. The summed E-state index contributed by atoms with van der Waals surface area (Å²) >= 11 is 0. The lowest BCUT2D eigenvalue weighted by atomic mass is 10.2. The Balaban J connectivity index is 2.14. The summed E-state index contributed by atoms with van der Waals surface area (Å²) in [5.41, 5.74) is 7.90. The standard InChI is InChI=1S/C13H16N4/c1-2-17(10-11-5-7-15-8-6-11)12-3-4-13(14)16-9-12/h3-9H,2,10H2,1H3,(H2,14,16). The molecule has 88 valence electrons. The van der Waals surface area contributed by atoms with Crippen LogP contribution in [0.15, 0.2) is 42.9 Å². The van der Waals surface area contributed by atoms with Crippen LogP contribution in [0.25, 0.3) is 0 Å². The third-order valence-electron chi connectivity index (χ3n) is 2.64. The van der Waals surface area contributed by atoms with Gasteiger partial charge in [-0.25, -0.2) is 4.98 Å². The lowest BCUT2D eigenvalue weighted by molar-refractivity contribution is 0.827. The van der Waals surface area contributed by atoms with Crippen LogP contribution < -0.4 is 10.6 Å². The average Bonchev–Trinajstić information content (AvgIpc) is 2.38. The van der Waals surface area contributed by atoms with Gasteiger partial charge in [-0.15, -0.1) is 0 Å². The van der Waals surface area contributed by atoms with Gasteiger partial charge >= 0.3 is 0 Å². The first-order valence-electron chi connectivity index (χ1n) is 5.65. The lowest BCUT2D eigenvalue weighted by Gasteiger charge is -2.22. The summed E-state index contributed by atoms with van der Waals surface area (Å²) in [6.45, 7) is 3.90. The Morgan fingerprint density at radius 2 is 1.94 bits per heavy atom. The Kier molecular flexibility index (Phi) is 3.55. The van der Waals surface area contributed by atoms with Gasteiger partial charge in [0.1, 0.15) is 5.82 Å². The number of hydrogen-bond donors (Lipinski definition) is 1. The summed E-state index contributed by atoms with van der Waals surface area (Å²) in [5, 5.41) is 0. The number of anilines is 2. The molecule has 0 aliphatic rings. The van der Waals surface area contributed by atoms with Crippen LogP contribution >= 0.6 is 0 Å². The maximum absolute atomic E-state index is 5.58. The Labute approximate surface area is 101 Å². The SMILES string of the molecule is CCN(Cc1ccncc1)c1ccc(N)nc1. The molecule has 17 heavy (non-hydrogen) atoms. The van der Waals surface area contributed by atoms with Crippen molar-refractivity contribution < 1.29 is 0 Å².